The molecule has 0 fully saturated rings. The van der Waals surface area contributed by atoms with Crippen molar-refractivity contribution < 1.29 is 28.2 Å². The molecule has 0 spiro atoms. The van der Waals surface area contributed by atoms with Crippen LogP contribution in [0.3, 0.4) is 0 Å². The van der Waals surface area contributed by atoms with Gasteiger partial charge in [-0.15, -0.1) is 0 Å². The fourth-order valence-corrected chi connectivity index (χ4v) is 2.25. The van der Waals surface area contributed by atoms with E-state index in [1.165, 1.54) is 19.2 Å². The van der Waals surface area contributed by atoms with Gasteiger partial charge in [-0.05, 0) is 25.1 Å². The highest BCUT2D eigenvalue weighted by atomic mass is 19.1. The molecule has 2 aromatic rings. The fourth-order valence-electron chi connectivity index (χ4n) is 2.25. The van der Waals surface area contributed by atoms with Crippen molar-refractivity contribution in [3.8, 4) is 5.75 Å². The second-order valence-corrected chi connectivity index (χ2v) is 5.39. The fraction of sp³-hybridized carbons (Fsp3) is 0.211. The number of esters is 1. The summed E-state index contributed by atoms with van der Waals surface area (Å²) in [5.41, 5.74) is 0.265. The summed E-state index contributed by atoms with van der Waals surface area (Å²) in [7, 11) is 1.30. The van der Waals surface area contributed by atoms with Crippen LogP contribution in [-0.4, -0.2) is 31.6 Å². The minimum atomic E-state index is -1.38. The number of urea groups is 1. The molecule has 142 valence electrons. The van der Waals surface area contributed by atoms with Gasteiger partial charge in [-0.2, -0.15) is 0 Å². The lowest BCUT2D eigenvalue weighted by Gasteiger charge is -2.18. The normalized spacial score (nSPS) is 11.2. The highest BCUT2D eigenvalue weighted by Gasteiger charge is 2.27. The molecule has 3 amide bonds. The first-order valence-corrected chi connectivity index (χ1v) is 8.14. The van der Waals surface area contributed by atoms with E-state index in [9.17, 15) is 18.8 Å². The molecule has 8 heteroatoms. The molecule has 0 aliphatic heterocycles. The summed E-state index contributed by atoms with van der Waals surface area (Å²) in [6.07, 6.45) is -1.38. The lowest BCUT2D eigenvalue weighted by Crippen LogP contribution is -2.42. The quantitative estimate of drug-likeness (QED) is 0.758. The van der Waals surface area contributed by atoms with Crippen molar-refractivity contribution in [1.82, 2.24) is 10.6 Å². The standard InChI is InChI=1S/C19H19FN2O5/c1-3-21-19(25)22-17(23)16(12-7-5-4-6-8-12)27-18(24)13-9-10-15(26-2)14(20)11-13/h4-11,16H,3H2,1-2H3,(H2,21,22,23,25)/t16-/m1/s1. The van der Waals surface area contributed by atoms with Gasteiger partial charge in [0.15, 0.2) is 11.6 Å². The van der Waals surface area contributed by atoms with Crippen LogP contribution in [0.2, 0.25) is 0 Å². The first-order chi connectivity index (χ1) is 13.0. The van der Waals surface area contributed by atoms with E-state index in [-0.39, 0.29) is 11.3 Å². The van der Waals surface area contributed by atoms with Gasteiger partial charge in [0, 0.05) is 12.1 Å². The highest BCUT2D eigenvalue weighted by molar-refractivity contribution is 5.99. The van der Waals surface area contributed by atoms with Crippen LogP contribution in [0, 0.1) is 5.82 Å². The van der Waals surface area contributed by atoms with Gasteiger partial charge >= 0.3 is 12.0 Å². The number of hydrogen-bond acceptors (Lipinski definition) is 5. The lowest BCUT2D eigenvalue weighted by molar-refractivity contribution is -0.129. The summed E-state index contributed by atoms with van der Waals surface area (Å²) in [5.74, 6) is -2.51. The summed E-state index contributed by atoms with van der Waals surface area (Å²) < 4.78 is 23.9. The predicted octanol–water partition coefficient (Wildman–Crippen LogP) is 2.58. The maximum atomic E-state index is 13.8. The second kappa shape index (κ2) is 9.33. The molecule has 2 aromatic carbocycles. The van der Waals surface area contributed by atoms with E-state index < -0.39 is 29.8 Å². The maximum Gasteiger partial charge on any atom is 0.339 e. The number of amides is 3. The zero-order chi connectivity index (χ0) is 19.8. The maximum absolute atomic E-state index is 13.8. The Hall–Kier alpha value is -3.42. The number of imide groups is 1. The third kappa shape index (κ3) is 5.27. The molecule has 2 N–H and O–H groups in total. The van der Waals surface area contributed by atoms with Crippen molar-refractivity contribution in [1.29, 1.82) is 0 Å². The number of rotatable bonds is 6. The lowest BCUT2D eigenvalue weighted by atomic mass is 10.1. The van der Waals surface area contributed by atoms with Gasteiger partial charge in [-0.1, -0.05) is 30.3 Å². The molecule has 0 aliphatic rings. The molecule has 0 bridgehead atoms. The Morgan fingerprint density at radius 2 is 1.81 bits per heavy atom. The molecule has 0 radical (unpaired) electrons. The van der Waals surface area contributed by atoms with E-state index in [2.05, 4.69) is 10.6 Å². The second-order valence-electron chi connectivity index (χ2n) is 5.39. The van der Waals surface area contributed by atoms with E-state index >= 15 is 0 Å². The first-order valence-electron chi connectivity index (χ1n) is 8.14. The average Bonchev–Trinajstić information content (AvgIpc) is 2.66. The van der Waals surface area contributed by atoms with Crippen LogP contribution in [0.4, 0.5) is 9.18 Å². The number of carbonyl (C=O) groups is 3. The van der Waals surface area contributed by atoms with E-state index in [0.29, 0.717) is 12.1 Å². The molecule has 0 aromatic heterocycles. The van der Waals surface area contributed by atoms with Crippen LogP contribution in [0.5, 0.6) is 5.75 Å². The number of hydrogen-bond donors (Lipinski definition) is 2. The monoisotopic (exact) mass is 374 g/mol. The van der Waals surface area contributed by atoms with Gasteiger partial charge in [0.1, 0.15) is 0 Å². The smallest absolute Gasteiger partial charge is 0.339 e. The van der Waals surface area contributed by atoms with Crippen molar-refractivity contribution in [2.24, 2.45) is 0 Å². The zero-order valence-electron chi connectivity index (χ0n) is 14.8. The Labute approximate surface area is 155 Å². The minimum Gasteiger partial charge on any atom is -0.494 e. The largest absolute Gasteiger partial charge is 0.494 e. The van der Waals surface area contributed by atoms with Gasteiger partial charge in [-0.3, -0.25) is 10.1 Å². The molecular formula is C19H19FN2O5. The molecule has 0 saturated heterocycles. The first kappa shape index (κ1) is 19.9. The average molecular weight is 374 g/mol. The zero-order valence-corrected chi connectivity index (χ0v) is 14.8. The Kier molecular flexibility index (Phi) is 6.87. The molecule has 2 rings (SSSR count). The van der Waals surface area contributed by atoms with Crippen LogP contribution < -0.4 is 15.4 Å². The number of carbonyl (C=O) groups excluding carboxylic acids is 3. The summed E-state index contributed by atoms with van der Waals surface area (Å²) in [6.45, 7) is 2.01. The van der Waals surface area contributed by atoms with Crippen LogP contribution in [0.1, 0.15) is 28.9 Å². The van der Waals surface area contributed by atoms with Gasteiger partial charge in [0.2, 0.25) is 6.10 Å². The number of benzene rings is 2. The molecule has 0 saturated carbocycles. The van der Waals surface area contributed by atoms with Crippen molar-refractivity contribution >= 4 is 17.9 Å². The number of methoxy groups -OCH3 is 1. The van der Waals surface area contributed by atoms with Gasteiger partial charge < -0.3 is 14.8 Å². The van der Waals surface area contributed by atoms with Crippen molar-refractivity contribution in [2.75, 3.05) is 13.7 Å². The van der Waals surface area contributed by atoms with Crippen LogP contribution in [-0.2, 0) is 9.53 Å². The molecule has 0 unspecified atom stereocenters. The summed E-state index contributed by atoms with van der Waals surface area (Å²) in [5, 5.41) is 4.52. The number of nitrogens with one attached hydrogen (secondary N) is 2. The highest BCUT2D eigenvalue weighted by Crippen LogP contribution is 2.22. The third-order valence-corrected chi connectivity index (χ3v) is 3.53. The minimum absolute atomic E-state index is 0.0276. The number of ether oxygens (including phenoxy) is 2. The third-order valence-electron chi connectivity index (χ3n) is 3.53. The Morgan fingerprint density at radius 3 is 2.41 bits per heavy atom. The molecule has 0 aliphatic carbocycles. The van der Waals surface area contributed by atoms with Crippen LogP contribution in [0.15, 0.2) is 48.5 Å². The van der Waals surface area contributed by atoms with Crippen LogP contribution in [0.25, 0.3) is 0 Å². The summed E-state index contributed by atoms with van der Waals surface area (Å²) >= 11 is 0. The molecule has 0 heterocycles. The van der Waals surface area contributed by atoms with Crippen molar-refractivity contribution in [2.45, 2.75) is 13.0 Å². The number of halogens is 1. The van der Waals surface area contributed by atoms with Crippen LogP contribution >= 0.6 is 0 Å². The molecular weight excluding hydrogens is 355 g/mol. The SMILES string of the molecule is CCNC(=O)NC(=O)[C@H](OC(=O)c1ccc(OC)c(F)c1)c1ccccc1. The Morgan fingerprint density at radius 1 is 1.11 bits per heavy atom. The topological polar surface area (TPSA) is 93.7 Å². The molecule has 7 nitrogen and oxygen atoms in total. The van der Waals surface area contributed by atoms with E-state index in [0.717, 1.165) is 6.07 Å². The van der Waals surface area contributed by atoms with E-state index in [1.807, 2.05) is 0 Å². The molecule has 1 atom stereocenters. The Bertz CT molecular complexity index is 826. The van der Waals surface area contributed by atoms with E-state index in [4.69, 9.17) is 9.47 Å². The summed E-state index contributed by atoms with van der Waals surface area (Å²) in [4.78, 5) is 36.4. The van der Waals surface area contributed by atoms with Gasteiger partial charge in [0.25, 0.3) is 5.91 Å². The Balaban J connectivity index is 2.23. The van der Waals surface area contributed by atoms with Gasteiger partial charge in [-0.25, -0.2) is 14.0 Å². The predicted molar refractivity (Wildman–Crippen MR) is 94.8 cm³/mol. The van der Waals surface area contributed by atoms with Crippen molar-refractivity contribution in [3.05, 3.63) is 65.5 Å². The van der Waals surface area contributed by atoms with Gasteiger partial charge in [0.05, 0.1) is 12.7 Å². The van der Waals surface area contributed by atoms with E-state index in [1.54, 1.807) is 37.3 Å². The van der Waals surface area contributed by atoms with Crippen molar-refractivity contribution in [3.63, 3.8) is 0 Å². The molecule has 27 heavy (non-hydrogen) atoms. The summed E-state index contributed by atoms with van der Waals surface area (Å²) in [6, 6.07) is 11.0.